The van der Waals surface area contributed by atoms with Crippen LogP contribution in [0.1, 0.15) is 17.5 Å². The Morgan fingerprint density at radius 3 is 2.26 bits per heavy atom. The predicted octanol–water partition coefficient (Wildman–Crippen LogP) is 2.74. The van der Waals surface area contributed by atoms with Gasteiger partial charge in [0, 0.05) is 13.1 Å². The van der Waals surface area contributed by atoms with E-state index in [4.69, 9.17) is 27.1 Å². The van der Waals surface area contributed by atoms with Crippen LogP contribution in [-0.4, -0.2) is 53.3 Å². The van der Waals surface area contributed by atoms with Crippen LogP contribution >= 0.6 is 11.6 Å². The van der Waals surface area contributed by atoms with Crippen LogP contribution in [0.2, 0.25) is 5.02 Å². The van der Waals surface area contributed by atoms with Crippen LogP contribution in [-0.2, 0) is 16.2 Å². The van der Waals surface area contributed by atoms with E-state index < -0.39 is 34.0 Å². The van der Waals surface area contributed by atoms with Gasteiger partial charge in [0.15, 0.2) is 0 Å². The molecule has 2 aromatic carbocycles. The highest BCUT2D eigenvalue weighted by Crippen LogP contribution is 2.31. The lowest BCUT2D eigenvalue weighted by Crippen LogP contribution is -2.38. The van der Waals surface area contributed by atoms with E-state index in [0.29, 0.717) is 0 Å². The minimum absolute atomic E-state index is 0.0384. The number of halogens is 4. The lowest BCUT2D eigenvalue weighted by molar-refractivity contribution is -0.137. The zero-order valence-corrected chi connectivity index (χ0v) is 17.4. The molecule has 0 radical (unpaired) electrons. The number of aromatic hydroxyl groups is 1. The molecular formula is C19H18ClF3N2O5S. The Labute approximate surface area is 181 Å². The molecule has 1 atom stereocenters. The highest BCUT2D eigenvalue weighted by atomic mass is 35.5. The third-order valence-electron chi connectivity index (χ3n) is 4.46. The third kappa shape index (κ3) is 6.09. The molecule has 1 unspecified atom stereocenters. The van der Waals surface area contributed by atoms with E-state index in [0.717, 1.165) is 28.6 Å². The highest BCUT2D eigenvalue weighted by molar-refractivity contribution is 7.89. The highest BCUT2D eigenvalue weighted by Gasteiger charge is 2.41. The number of sulfonamides is 1. The molecule has 0 saturated carbocycles. The zero-order chi connectivity index (χ0) is 23.4. The van der Waals surface area contributed by atoms with Crippen molar-refractivity contribution in [1.29, 1.82) is 5.26 Å². The Hall–Kier alpha value is -2.36. The number of hydrogen-bond donors (Lipinski definition) is 3. The molecule has 168 valence electrons. The average Bonchev–Trinajstić information content (AvgIpc) is 3.11. The summed E-state index contributed by atoms with van der Waals surface area (Å²) in [6.07, 6.45) is -4.16. The first kappa shape index (κ1) is 24.9. The molecular weight excluding hydrogens is 461 g/mol. The van der Waals surface area contributed by atoms with Crippen LogP contribution < -0.4 is 0 Å². The molecule has 1 aliphatic heterocycles. The summed E-state index contributed by atoms with van der Waals surface area (Å²) >= 11 is 5.91. The summed E-state index contributed by atoms with van der Waals surface area (Å²) in [6, 6.07) is 9.45. The van der Waals surface area contributed by atoms with Gasteiger partial charge in [0.2, 0.25) is 10.0 Å². The molecule has 1 saturated heterocycles. The van der Waals surface area contributed by atoms with Crippen LogP contribution in [0.4, 0.5) is 13.2 Å². The van der Waals surface area contributed by atoms with Gasteiger partial charge in [-0.2, -0.15) is 22.7 Å². The Morgan fingerprint density at radius 1 is 1.19 bits per heavy atom. The van der Waals surface area contributed by atoms with E-state index in [1.165, 1.54) is 18.2 Å². The second-order valence-electron chi connectivity index (χ2n) is 6.77. The number of phenols is 1. The largest absolute Gasteiger partial charge is 0.508 e. The van der Waals surface area contributed by atoms with Gasteiger partial charge in [-0.05, 0) is 48.9 Å². The number of nitrogens with zero attached hydrogens (tertiary/aromatic N) is 2. The number of β-amino-alcohol motifs (C(OH)–C–C–N with tert-alkyl or cyclic N) is 1. The number of nitriles is 1. The Morgan fingerprint density at radius 2 is 1.81 bits per heavy atom. The van der Waals surface area contributed by atoms with Crippen molar-refractivity contribution in [3.05, 3.63) is 58.6 Å². The molecule has 31 heavy (non-hydrogen) atoms. The molecule has 2 aromatic rings. The molecule has 3 N–H and O–H groups in total. The lowest BCUT2D eigenvalue weighted by Gasteiger charge is -2.21. The van der Waals surface area contributed by atoms with Gasteiger partial charge in [-0.15, -0.1) is 0 Å². The van der Waals surface area contributed by atoms with E-state index in [1.54, 1.807) is 0 Å². The monoisotopic (exact) mass is 478 g/mol. The van der Waals surface area contributed by atoms with Crippen molar-refractivity contribution >= 4 is 21.6 Å². The number of rotatable bonds is 3. The van der Waals surface area contributed by atoms with Crippen molar-refractivity contribution in [1.82, 2.24) is 4.31 Å². The number of phenolic OH excluding ortho intramolecular Hbond substituents is 1. The van der Waals surface area contributed by atoms with E-state index in [-0.39, 0.29) is 40.7 Å². The first-order valence-corrected chi connectivity index (χ1v) is 10.5. The normalized spacial score (nSPS) is 19.4. The van der Waals surface area contributed by atoms with Gasteiger partial charge in [0.1, 0.15) is 16.2 Å². The van der Waals surface area contributed by atoms with Gasteiger partial charge < -0.3 is 15.3 Å². The molecule has 7 nitrogen and oxygen atoms in total. The molecule has 12 heteroatoms. The van der Waals surface area contributed by atoms with E-state index >= 15 is 0 Å². The van der Waals surface area contributed by atoms with E-state index in [1.807, 2.05) is 6.07 Å². The fourth-order valence-corrected chi connectivity index (χ4v) is 4.76. The maximum absolute atomic E-state index is 12.4. The van der Waals surface area contributed by atoms with Gasteiger partial charge in [-0.3, -0.25) is 0 Å². The average molecular weight is 479 g/mol. The quantitative estimate of drug-likeness (QED) is 0.623. The fraction of sp³-hybridized carbons (Fsp3) is 0.316. The molecule has 3 rings (SSSR count). The number of aliphatic hydroxyl groups is 2. The molecule has 0 aliphatic carbocycles. The minimum atomic E-state index is -4.33. The molecule has 0 bridgehead atoms. The molecule has 0 amide bonds. The van der Waals surface area contributed by atoms with Crippen LogP contribution in [0.5, 0.6) is 5.75 Å². The maximum Gasteiger partial charge on any atom is 0.416 e. The van der Waals surface area contributed by atoms with Crippen molar-refractivity contribution in [2.45, 2.75) is 23.1 Å². The maximum atomic E-state index is 12.4. The summed E-state index contributed by atoms with van der Waals surface area (Å²) in [5, 5.41) is 36.3. The van der Waals surface area contributed by atoms with E-state index in [2.05, 4.69) is 0 Å². The molecule has 1 fully saturated rings. The molecule has 0 spiro atoms. The zero-order valence-electron chi connectivity index (χ0n) is 15.8. The van der Waals surface area contributed by atoms with Gasteiger partial charge in [-0.25, -0.2) is 8.42 Å². The van der Waals surface area contributed by atoms with Crippen molar-refractivity contribution < 1.29 is 36.9 Å². The van der Waals surface area contributed by atoms with Crippen molar-refractivity contribution in [2.24, 2.45) is 0 Å². The first-order chi connectivity index (χ1) is 14.3. The van der Waals surface area contributed by atoms with Crippen LogP contribution in [0, 0.1) is 11.3 Å². The Bertz CT molecular complexity index is 1070. The first-order valence-electron chi connectivity index (χ1n) is 8.72. The van der Waals surface area contributed by atoms with Crippen LogP contribution in [0.25, 0.3) is 0 Å². The standard InChI is InChI=1S/C12H13ClN2O4S.C7H5F3O/c13-10-5-9(6-14)1-2-11(10)20(18,19)15-4-3-12(17,7-15)8-16;8-7(9,10)5-1-3-6(11)4-2-5/h1-2,5,16-17H,3-4,7-8H2;1-4,11H. The van der Waals surface area contributed by atoms with Crippen LogP contribution in [0.15, 0.2) is 47.4 Å². The molecule has 1 heterocycles. The second-order valence-corrected chi connectivity index (χ2v) is 9.09. The summed E-state index contributed by atoms with van der Waals surface area (Å²) in [5.74, 6) is -0.169. The fourth-order valence-electron chi connectivity index (χ4n) is 2.72. The van der Waals surface area contributed by atoms with E-state index in [9.17, 15) is 26.7 Å². The summed E-state index contributed by atoms with van der Waals surface area (Å²) < 4.78 is 61.4. The third-order valence-corrected chi connectivity index (χ3v) is 6.79. The van der Waals surface area contributed by atoms with Gasteiger partial charge >= 0.3 is 6.18 Å². The van der Waals surface area contributed by atoms with Gasteiger partial charge in [0.05, 0.1) is 28.8 Å². The van der Waals surface area contributed by atoms with Gasteiger partial charge in [-0.1, -0.05) is 11.6 Å². The number of hydrogen-bond acceptors (Lipinski definition) is 6. The molecule has 0 aromatic heterocycles. The number of benzene rings is 2. The minimum Gasteiger partial charge on any atom is -0.508 e. The topological polar surface area (TPSA) is 122 Å². The predicted molar refractivity (Wildman–Crippen MR) is 105 cm³/mol. The number of alkyl halides is 3. The van der Waals surface area contributed by atoms with Crippen molar-refractivity contribution in [2.75, 3.05) is 19.7 Å². The van der Waals surface area contributed by atoms with Gasteiger partial charge in [0.25, 0.3) is 0 Å². The second kappa shape index (κ2) is 9.42. The summed E-state index contributed by atoms with van der Waals surface area (Å²) in [6.45, 7) is -0.571. The number of aliphatic hydroxyl groups excluding tert-OH is 1. The van der Waals surface area contributed by atoms with Crippen LogP contribution in [0.3, 0.4) is 0 Å². The Balaban J connectivity index is 0.000000262. The smallest absolute Gasteiger partial charge is 0.416 e. The SMILES string of the molecule is N#Cc1ccc(S(=O)(=O)N2CCC(O)(CO)C2)c(Cl)c1.Oc1ccc(C(F)(F)F)cc1. The summed E-state index contributed by atoms with van der Waals surface area (Å²) in [7, 11) is -3.85. The Kier molecular flexibility index (Phi) is 7.57. The van der Waals surface area contributed by atoms with Crippen molar-refractivity contribution in [3.63, 3.8) is 0 Å². The lowest BCUT2D eigenvalue weighted by atomic mass is 10.1. The summed E-state index contributed by atoms with van der Waals surface area (Å²) in [5.41, 5.74) is -1.90. The molecule has 1 aliphatic rings. The summed E-state index contributed by atoms with van der Waals surface area (Å²) in [4.78, 5) is -0.111. The van der Waals surface area contributed by atoms with Crippen molar-refractivity contribution in [3.8, 4) is 11.8 Å².